The van der Waals surface area contributed by atoms with E-state index in [-0.39, 0.29) is 5.91 Å². The summed E-state index contributed by atoms with van der Waals surface area (Å²) in [6.07, 6.45) is 0. The molecule has 0 unspecified atom stereocenters. The molecule has 1 aliphatic rings. The minimum atomic E-state index is -0.416. The number of halogens is 1. The first kappa shape index (κ1) is 22.0. The van der Waals surface area contributed by atoms with E-state index in [2.05, 4.69) is 15.1 Å². The summed E-state index contributed by atoms with van der Waals surface area (Å²) in [5.41, 5.74) is 2.79. The minimum Gasteiger partial charge on any atom is -0.497 e. The first-order chi connectivity index (χ1) is 17.6. The maximum absolute atomic E-state index is 13.6. The number of amides is 1. The molecule has 0 N–H and O–H groups in total. The highest BCUT2D eigenvalue weighted by atomic mass is 19.1. The van der Waals surface area contributed by atoms with Crippen molar-refractivity contribution in [3.8, 4) is 17.1 Å². The van der Waals surface area contributed by atoms with Crippen LogP contribution < -0.4 is 9.64 Å². The predicted molar refractivity (Wildman–Crippen MR) is 135 cm³/mol. The Labute approximate surface area is 206 Å². The Morgan fingerprint density at radius 1 is 0.917 bits per heavy atom. The Balaban J connectivity index is 1.37. The van der Waals surface area contributed by atoms with E-state index in [9.17, 15) is 9.18 Å². The molecule has 2 aromatic heterocycles. The number of carbonyl (C=O) groups is 1. The number of piperazine rings is 1. The zero-order chi connectivity index (χ0) is 24.6. The number of benzene rings is 3. The lowest BCUT2D eigenvalue weighted by molar-refractivity contribution is 0.0745. The predicted octanol–water partition coefficient (Wildman–Crippen LogP) is 4.05. The van der Waals surface area contributed by atoms with Crippen molar-refractivity contribution in [3.63, 3.8) is 0 Å². The van der Waals surface area contributed by atoms with Gasteiger partial charge in [-0.05, 0) is 54.6 Å². The molecular weight excluding hydrogens is 459 g/mol. The third kappa shape index (κ3) is 3.78. The summed E-state index contributed by atoms with van der Waals surface area (Å²) in [5.74, 6) is 1.57. The summed E-state index contributed by atoms with van der Waals surface area (Å²) >= 11 is 0. The molecule has 6 rings (SSSR count). The molecule has 5 aromatic rings. The molecule has 36 heavy (non-hydrogen) atoms. The van der Waals surface area contributed by atoms with E-state index in [1.165, 1.54) is 12.1 Å². The number of methoxy groups -OCH3 is 1. The van der Waals surface area contributed by atoms with Gasteiger partial charge in [0.25, 0.3) is 5.91 Å². The van der Waals surface area contributed by atoms with Crippen molar-refractivity contribution < 1.29 is 13.9 Å². The molecule has 3 aromatic carbocycles. The van der Waals surface area contributed by atoms with Crippen molar-refractivity contribution in [2.45, 2.75) is 0 Å². The van der Waals surface area contributed by atoms with E-state index >= 15 is 0 Å². The van der Waals surface area contributed by atoms with Crippen LogP contribution >= 0.6 is 0 Å². The number of rotatable bonds is 4. The molecule has 0 spiro atoms. The van der Waals surface area contributed by atoms with Gasteiger partial charge in [0, 0.05) is 42.7 Å². The van der Waals surface area contributed by atoms with Crippen LogP contribution in [-0.2, 0) is 0 Å². The quantitative estimate of drug-likeness (QED) is 0.385. The SMILES string of the molecule is COc1ccc(-c2nnc3c4ccccc4nc(N4CCN(C(=O)c5cccc(F)c5)CC4)n23)cc1. The highest BCUT2D eigenvalue weighted by molar-refractivity contribution is 5.95. The molecule has 0 atom stereocenters. The third-order valence-corrected chi connectivity index (χ3v) is 6.50. The molecule has 9 heteroatoms. The van der Waals surface area contributed by atoms with Gasteiger partial charge in [0.2, 0.25) is 5.95 Å². The fourth-order valence-corrected chi connectivity index (χ4v) is 4.62. The van der Waals surface area contributed by atoms with E-state index < -0.39 is 5.82 Å². The fourth-order valence-electron chi connectivity index (χ4n) is 4.62. The summed E-state index contributed by atoms with van der Waals surface area (Å²) in [6, 6.07) is 21.4. The highest BCUT2D eigenvalue weighted by Crippen LogP contribution is 2.30. The van der Waals surface area contributed by atoms with Gasteiger partial charge in [-0.2, -0.15) is 0 Å². The Hall–Kier alpha value is -4.53. The van der Waals surface area contributed by atoms with E-state index in [1.54, 1.807) is 24.1 Å². The number of para-hydroxylation sites is 1. The smallest absolute Gasteiger partial charge is 0.254 e. The normalized spacial score (nSPS) is 13.9. The van der Waals surface area contributed by atoms with Crippen LogP contribution in [0.5, 0.6) is 5.75 Å². The third-order valence-electron chi connectivity index (χ3n) is 6.50. The van der Waals surface area contributed by atoms with Crippen molar-refractivity contribution >= 4 is 28.4 Å². The summed E-state index contributed by atoms with van der Waals surface area (Å²) in [6.45, 7) is 2.13. The molecule has 0 saturated carbocycles. The van der Waals surface area contributed by atoms with Gasteiger partial charge in [0.15, 0.2) is 11.5 Å². The van der Waals surface area contributed by atoms with Crippen LogP contribution in [0.1, 0.15) is 10.4 Å². The number of hydrogen-bond acceptors (Lipinski definition) is 6. The second-order valence-electron chi connectivity index (χ2n) is 8.63. The summed E-state index contributed by atoms with van der Waals surface area (Å²) in [4.78, 5) is 21.8. The molecule has 3 heterocycles. The van der Waals surface area contributed by atoms with Crippen molar-refractivity contribution in [1.29, 1.82) is 0 Å². The van der Waals surface area contributed by atoms with E-state index in [4.69, 9.17) is 9.72 Å². The summed E-state index contributed by atoms with van der Waals surface area (Å²) in [5, 5.41) is 9.96. The van der Waals surface area contributed by atoms with E-state index in [1.807, 2.05) is 52.9 Å². The largest absolute Gasteiger partial charge is 0.497 e. The van der Waals surface area contributed by atoms with Crippen molar-refractivity contribution in [1.82, 2.24) is 24.5 Å². The molecular formula is C27H23FN6O2. The van der Waals surface area contributed by atoms with Gasteiger partial charge in [-0.15, -0.1) is 10.2 Å². The molecule has 0 radical (unpaired) electrons. The van der Waals surface area contributed by atoms with Crippen molar-refractivity contribution in [2.75, 3.05) is 38.2 Å². The molecule has 1 amide bonds. The minimum absolute atomic E-state index is 0.172. The molecule has 1 aliphatic heterocycles. The van der Waals surface area contributed by atoms with E-state index in [0.29, 0.717) is 37.6 Å². The standard InChI is InChI=1S/C27H23FN6O2/c1-36-21-11-9-18(10-12-21)24-30-31-25-22-7-2-3-8-23(22)29-27(34(24)25)33-15-13-32(14-16-33)26(35)19-5-4-6-20(28)17-19/h2-12,17H,13-16H2,1H3. The second kappa shape index (κ2) is 8.92. The molecule has 0 aliphatic carbocycles. The molecule has 1 fully saturated rings. The van der Waals surface area contributed by atoms with Crippen LogP contribution in [0, 0.1) is 5.82 Å². The number of nitrogens with zero attached hydrogens (tertiary/aromatic N) is 6. The lowest BCUT2D eigenvalue weighted by Crippen LogP contribution is -2.49. The van der Waals surface area contributed by atoms with Crippen LogP contribution in [0.2, 0.25) is 0 Å². The number of fused-ring (bicyclic) bond motifs is 3. The average molecular weight is 483 g/mol. The van der Waals surface area contributed by atoms with Crippen LogP contribution in [0.4, 0.5) is 10.3 Å². The first-order valence-corrected chi connectivity index (χ1v) is 11.7. The second-order valence-corrected chi connectivity index (χ2v) is 8.63. The van der Waals surface area contributed by atoms with Gasteiger partial charge in [-0.25, -0.2) is 13.8 Å². The molecule has 1 saturated heterocycles. The first-order valence-electron chi connectivity index (χ1n) is 11.7. The zero-order valence-corrected chi connectivity index (χ0v) is 19.6. The highest BCUT2D eigenvalue weighted by Gasteiger charge is 2.26. The van der Waals surface area contributed by atoms with Gasteiger partial charge >= 0.3 is 0 Å². The zero-order valence-electron chi connectivity index (χ0n) is 19.6. The number of carbonyl (C=O) groups excluding carboxylic acids is 1. The van der Waals surface area contributed by atoms with Crippen LogP contribution in [0.25, 0.3) is 27.9 Å². The van der Waals surface area contributed by atoms with Gasteiger partial charge in [0.1, 0.15) is 11.6 Å². The Morgan fingerprint density at radius 3 is 2.44 bits per heavy atom. The Bertz CT molecular complexity index is 1580. The maximum atomic E-state index is 13.6. The Kier molecular flexibility index (Phi) is 5.44. The summed E-state index contributed by atoms with van der Waals surface area (Å²) in [7, 11) is 1.63. The lowest BCUT2D eigenvalue weighted by atomic mass is 10.1. The Morgan fingerprint density at radius 2 is 1.69 bits per heavy atom. The van der Waals surface area contributed by atoms with Gasteiger partial charge in [-0.1, -0.05) is 18.2 Å². The van der Waals surface area contributed by atoms with E-state index in [0.717, 1.165) is 33.8 Å². The number of aromatic nitrogens is 4. The van der Waals surface area contributed by atoms with Crippen LogP contribution in [0.3, 0.4) is 0 Å². The van der Waals surface area contributed by atoms with Crippen molar-refractivity contribution in [3.05, 3.63) is 84.2 Å². The maximum Gasteiger partial charge on any atom is 0.254 e. The summed E-state index contributed by atoms with van der Waals surface area (Å²) < 4.78 is 20.9. The van der Waals surface area contributed by atoms with Crippen LogP contribution in [-0.4, -0.2) is 63.7 Å². The molecule has 8 nitrogen and oxygen atoms in total. The molecule has 180 valence electrons. The number of hydrogen-bond donors (Lipinski definition) is 0. The van der Waals surface area contributed by atoms with Gasteiger partial charge in [0.05, 0.1) is 12.6 Å². The fraction of sp³-hybridized carbons (Fsp3) is 0.185. The average Bonchev–Trinajstić information content (AvgIpc) is 3.38. The molecule has 0 bridgehead atoms. The van der Waals surface area contributed by atoms with Gasteiger partial charge in [-0.3, -0.25) is 4.79 Å². The monoisotopic (exact) mass is 482 g/mol. The van der Waals surface area contributed by atoms with Crippen molar-refractivity contribution in [2.24, 2.45) is 0 Å². The number of ether oxygens (including phenoxy) is 1. The van der Waals surface area contributed by atoms with Gasteiger partial charge < -0.3 is 14.5 Å². The number of anilines is 1. The topological polar surface area (TPSA) is 75.9 Å². The van der Waals surface area contributed by atoms with Crippen LogP contribution in [0.15, 0.2) is 72.8 Å². The lowest BCUT2D eigenvalue weighted by Gasteiger charge is -2.35.